The van der Waals surface area contributed by atoms with E-state index in [-0.39, 0.29) is 5.69 Å². The van der Waals surface area contributed by atoms with Crippen molar-refractivity contribution in [3.8, 4) is 0 Å². The number of hydrogen-bond donors (Lipinski definition) is 1. The van der Waals surface area contributed by atoms with Crippen molar-refractivity contribution in [2.45, 2.75) is 12.8 Å². The van der Waals surface area contributed by atoms with Crippen LogP contribution in [0, 0.1) is 10.1 Å². The lowest BCUT2D eigenvalue weighted by molar-refractivity contribution is -0.385. The molecule has 6 heteroatoms. The van der Waals surface area contributed by atoms with E-state index in [0.29, 0.717) is 5.82 Å². The quantitative estimate of drug-likeness (QED) is 0.451. The predicted octanol–water partition coefficient (Wildman–Crippen LogP) is 2.54. The van der Waals surface area contributed by atoms with Gasteiger partial charge in [0.2, 0.25) is 0 Å². The second kappa shape index (κ2) is 7.05. The third-order valence-electron chi connectivity index (χ3n) is 2.04. The van der Waals surface area contributed by atoms with Crippen molar-refractivity contribution >= 4 is 23.3 Å². The molecule has 0 saturated carbocycles. The molecule has 1 heterocycles. The lowest BCUT2D eigenvalue weighted by Gasteiger charge is -2.04. The van der Waals surface area contributed by atoms with Crippen molar-refractivity contribution in [3.05, 3.63) is 28.4 Å². The summed E-state index contributed by atoms with van der Waals surface area (Å²) in [7, 11) is 0. The molecule has 0 aliphatic heterocycles. The summed E-state index contributed by atoms with van der Waals surface area (Å²) in [4.78, 5) is 13.9. The van der Waals surface area contributed by atoms with Crippen LogP contribution in [0.25, 0.3) is 0 Å². The zero-order valence-corrected chi connectivity index (χ0v) is 10.00. The maximum atomic E-state index is 10.4. The van der Waals surface area contributed by atoms with Crippen molar-refractivity contribution in [1.29, 1.82) is 0 Å². The van der Waals surface area contributed by atoms with Gasteiger partial charge in [0, 0.05) is 12.6 Å². The molecule has 0 amide bonds. The fraction of sp³-hybridized carbons (Fsp3) is 0.500. The SMILES string of the molecule is CSCCCCNc1ccc([N+](=O)[O-])cn1. The average molecular weight is 241 g/mol. The van der Waals surface area contributed by atoms with Crippen LogP contribution in [0.4, 0.5) is 11.5 Å². The van der Waals surface area contributed by atoms with Crippen molar-refractivity contribution in [2.75, 3.05) is 23.9 Å². The third-order valence-corrected chi connectivity index (χ3v) is 2.74. The van der Waals surface area contributed by atoms with E-state index in [1.54, 1.807) is 6.07 Å². The molecule has 0 bridgehead atoms. The molecule has 1 N–H and O–H groups in total. The predicted molar refractivity (Wildman–Crippen MR) is 67.0 cm³/mol. The number of hydrogen-bond acceptors (Lipinski definition) is 5. The van der Waals surface area contributed by atoms with Crippen molar-refractivity contribution < 1.29 is 4.92 Å². The van der Waals surface area contributed by atoms with E-state index in [0.717, 1.165) is 18.7 Å². The molecule has 1 aromatic rings. The van der Waals surface area contributed by atoms with Crippen LogP contribution < -0.4 is 5.32 Å². The largest absolute Gasteiger partial charge is 0.370 e. The summed E-state index contributed by atoms with van der Waals surface area (Å²) in [6.07, 6.45) is 5.61. The van der Waals surface area contributed by atoms with Gasteiger partial charge in [0.1, 0.15) is 12.0 Å². The van der Waals surface area contributed by atoms with Crippen molar-refractivity contribution in [3.63, 3.8) is 0 Å². The molecule has 5 nitrogen and oxygen atoms in total. The Morgan fingerprint density at radius 3 is 2.88 bits per heavy atom. The maximum absolute atomic E-state index is 10.4. The molecule has 0 saturated heterocycles. The molecule has 0 aromatic carbocycles. The normalized spacial score (nSPS) is 10.1. The van der Waals surface area contributed by atoms with Crippen LogP contribution >= 0.6 is 11.8 Å². The topological polar surface area (TPSA) is 68.1 Å². The number of nitro groups is 1. The van der Waals surface area contributed by atoms with Crippen LogP contribution in [0.2, 0.25) is 0 Å². The molecule has 0 unspecified atom stereocenters. The van der Waals surface area contributed by atoms with E-state index in [4.69, 9.17) is 0 Å². The van der Waals surface area contributed by atoms with E-state index >= 15 is 0 Å². The minimum atomic E-state index is -0.449. The molecule has 0 atom stereocenters. The Hall–Kier alpha value is -1.30. The molecular weight excluding hydrogens is 226 g/mol. The van der Waals surface area contributed by atoms with Crippen LogP contribution in [0.15, 0.2) is 18.3 Å². The molecular formula is C10H15N3O2S. The van der Waals surface area contributed by atoms with Gasteiger partial charge in [-0.15, -0.1) is 0 Å². The van der Waals surface area contributed by atoms with Crippen molar-refractivity contribution in [2.24, 2.45) is 0 Å². The second-order valence-corrected chi connectivity index (χ2v) is 4.27. The van der Waals surface area contributed by atoms with Crippen LogP contribution in [0.3, 0.4) is 0 Å². The van der Waals surface area contributed by atoms with Gasteiger partial charge in [-0.1, -0.05) is 0 Å². The lowest BCUT2D eigenvalue weighted by atomic mass is 10.3. The van der Waals surface area contributed by atoms with Crippen LogP contribution in [0.1, 0.15) is 12.8 Å². The van der Waals surface area contributed by atoms with Crippen molar-refractivity contribution in [1.82, 2.24) is 4.98 Å². The van der Waals surface area contributed by atoms with Crippen LogP contribution in [-0.2, 0) is 0 Å². The summed E-state index contributed by atoms with van der Waals surface area (Å²) >= 11 is 1.83. The monoisotopic (exact) mass is 241 g/mol. The number of aromatic nitrogens is 1. The molecule has 0 aliphatic carbocycles. The average Bonchev–Trinajstić information content (AvgIpc) is 2.29. The summed E-state index contributed by atoms with van der Waals surface area (Å²) < 4.78 is 0. The minimum absolute atomic E-state index is 0.0212. The van der Waals surface area contributed by atoms with Gasteiger partial charge < -0.3 is 5.32 Å². The zero-order valence-electron chi connectivity index (χ0n) is 9.18. The zero-order chi connectivity index (χ0) is 11.8. The Morgan fingerprint density at radius 2 is 2.31 bits per heavy atom. The highest BCUT2D eigenvalue weighted by Crippen LogP contribution is 2.11. The molecule has 0 spiro atoms. The first-order valence-corrected chi connectivity index (χ1v) is 6.46. The molecule has 88 valence electrons. The Balaban J connectivity index is 2.29. The summed E-state index contributed by atoms with van der Waals surface area (Å²) in [5.74, 6) is 1.85. The van der Waals surface area contributed by atoms with E-state index in [1.165, 1.54) is 18.7 Å². The van der Waals surface area contributed by atoms with Gasteiger partial charge in [0.05, 0.1) is 4.92 Å². The van der Waals surface area contributed by atoms with Crippen LogP contribution in [-0.4, -0.2) is 28.5 Å². The Morgan fingerprint density at radius 1 is 1.50 bits per heavy atom. The molecule has 1 aromatic heterocycles. The molecule has 0 radical (unpaired) electrons. The first kappa shape index (κ1) is 12.8. The van der Waals surface area contributed by atoms with E-state index in [2.05, 4.69) is 16.6 Å². The van der Waals surface area contributed by atoms with Gasteiger partial charge in [-0.3, -0.25) is 10.1 Å². The van der Waals surface area contributed by atoms with Gasteiger partial charge in [0.15, 0.2) is 0 Å². The number of nitrogens with zero attached hydrogens (tertiary/aromatic N) is 2. The third kappa shape index (κ3) is 4.48. The molecule has 16 heavy (non-hydrogen) atoms. The number of rotatable bonds is 7. The highest BCUT2D eigenvalue weighted by atomic mass is 32.2. The summed E-state index contributed by atoms with van der Waals surface area (Å²) in [6, 6.07) is 3.09. The minimum Gasteiger partial charge on any atom is -0.370 e. The standard InChI is InChI=1S/C10H15N3O2S/c1-16-7-3-2-6-11-10-5-4-9(8-12-10)13(14)15/h4-5,8H,2-3,6-7H2,1H3,(H,11,12). The van der Waals surface area contributed by atoms with Gasteiger partial charge in [0.25, 0.3) is 5.69 Å². The fourth-order valence-electron chi connectivity index (χ4n) is 1.19. The summed E-state index contributed by atoms with van der Waals surface area (Å²) in [6.45, 7) is 0.853. The summed E-state index contributed by atoms with van der Waals surface area (Å²) in [5, 5.41) is 13.5. The molecule has 0 fully saturated rings. The van der Waals surface area contributed by atoms with Gasteiger partial charge in [-0.2, -0.15) is 11.8 Å². The highest BCUT2D eigenvalue weighted by molar-refractivity contribution is 7.98. The number of thioether (sulfide) groups is 1. The van der Waals surface area contributed by atoms with Gasteiger partial charge in [-0.05, 0) is 30.9 Å². The van der Waals surface area contributed by atoms with Crippen LogP contribution in [0.5, 0.6) is 0 Å². The fourth-order valence-corrected chi connectivity index (χ4v) is 1.68. The first-order chi connectivity index (χ1) is 7.74. The van der Waals surface area contributed by atoms with Gasteiger partial charge >= 0.3 is 0 Å². The Bertz CT molecular complexity index is 329. The lowest BCUT2D eigenvalue weighted by Crippen LogP contribution is -2.03. The maximum Gasteiger partial charge on any atom is 0.287 e. The summed E-state index contributed by atoms with van der Waals surface area (Å²) in [5.41, 5.74) is 0.0212. The second-order valence-electron chi connectivity index (χ2n) is 3.29. The molecule has 1 rings (SSSR count). The number of nitrogens with one attached hydrogen (secondary N) is 1. The van der Waals surface area contributed by atoms with E-state index in [1.807, 2.05) is 11.8 Å². The Kier molecular flexibility index (Phi) is 5.63. The number of anilines is 1. The molecule has 0 aliphatic rings. The number of unbranched alkanes of at least 4 members (excludes halogenated alkanes) is 1. The first-order valence-electron chi connectivity index (χ1n) is 5.07. The van der Waals surface area contributed by atoms with E-state index in [9.17, 15) is 10.1 Å². The van der Waals surface area contributed by atoms with Gasteiger partial charge in [-0.25, -0.2) is 4.98 Å². The highest BCUT2D eigenvalue weighted by Gasteiger charge is 2.04. The van der Waals surface area contributed by atoms with E-state index < -0.39 is 4.92 Å². The smallest absolute Gasteiger partial charge is 0.287 e. The number of pyridine rings is 1. The Labute approximate surface area is 98.8 Å².